The van der Waals surface area contributed by atoms with Crippen LogP contribution in [0.15, 0.2) is 12.2 Å². The van der Waals surface area contributed by atoms with Gasteiger partial charge < -0.3 is 5.11 Å². The van der Waals surface area contributed by atoms with Crippen LogP contribution < -0.4 is 0 Å². The quantitative estimate of drug-likeness (QED) is 0.450. The summed E-state index contributed by atoms with van der Waals surface area (Å²) in [5.41, 5.74) is 1.72. The summed E-state index contributed by atoms with van der Waals surface area (Å²) in [6.07, 6.45) is 9.66. The first-order chi connectivity index (χ1) is 13.0. The molecular formula is C24H40O4. The van der Waals surface area contributed by atoms with Crippen molar-refractivity contribution in [3.63, 3.8) is 0 Å². The van der Waals surface area contributed by atoms with E-state index in [0.29, 0.717) is 11.8 Å². The highest BCUT2D eigenvalue weighted by Gasteiger charge is 2.54. The molecule has 1 aliphatic heterocycles. The van der Waals surface area contributed by atoms with Crippen LogP contribution in [0.5, 0.6) is 0 Å². The van der Waals surface area contributed by atoms with Crippen molar-refractivity contribution in [2.24, 2.45) is 28.6 Å². The van der Waals surface area contributed by atoms with Gasteiger partial charge in [0.2, 0.25) is 0 Å². The molecule has 4 nitrogen and oxygen atoms in total. The molecule has 3 rings (SSSR count). The highest BCUT2D eigenvalue weighted by Crippen LogP contribution is 2.63. The van der Waals surface area contributed by atoms with Gasteiger partial charge in [0, 0.05) is 0 Å². The molecule has 0 bridgehead atoms. The molecule has 1 saturated heterocycles. The molecule has 0 radical (unpaired) electrons. The van der Waals surface area contributed by atoms with Crippen molar-refractivity contribution in [1.29, 1.82) is 0 Å². The second-order valence-electron chi connectivity index (χ2n) is 10.7. The molecule has 1 N–H and O–H groups in total. The summed E-state index contributed by atoms with van der Waals surface area (Å²) in [7, 11) is 0. The smallest absolute Gasteiger partial charge is 0.308 e. The molecule has 160 valence electrons. The largest absolute Gasteiger partial charge is 0.481 e. The zero-order valence-electron chi connectivity index (χ0n) is 18.6. The van der Waals surface area contributed by atoms with Gasteiger partial charge in [0.25, 0.3) is 0 Å². The Labute approximate surface area is 171 Å². The lowest BCUT2D eigenvalue weighted by Gasteiger charge is -2.59. The van der Waals surface area contributed by atoms with Crippen molar-refractivity contribution >= 4 is 5.97 Å². The monoisotopic (exact) mass is 392 g/mol. The Balaban J connectivity index is 1.67. The van der Waals surface area contributed by atoms with E-state index in [9.17, 15) is 9.90 Å². The molecule has 0 aromatic carbocycles. The van der Waals surface area contributed by atoms with Gasteiger partial charge >= 0.3 is 5.97 Å². The molecule has 3 fully saturated rings. The van der Waals surface area contributed by atoms with Crippen molar-refractivity contribution in [1.82, 2.24) is 0 Å². The minimum absolute atomic E-state index is 0.284. The third-order valence-electron chi connectivity index (χ3n) is 9.04. The van der Waals surface area contributed by atoms with Crippen LogP contribution in [0.3, 0.4) is 0 Å². The fourth-order valence-electron chi connectivity index (χ4n) is 6.30. The first kappa shape index (κ1) is 21.8. The molecule has 28 heavy (non-hydrogen) atoms. The van der Waals surface area contributed by atoms with Gasteiger partial charge in [-0.05, 0) is 94.3 Å². The Morgan fingerprint density at radius 3 is 2.54 bits per heavy atom. The Morgan fingerprint density at radius 2 is 1.93 bits per heavy atom. The first-order valence-corrected chi connectivity index (χ1v) is 11.3. The molecule has 2 saturated carbocycles. The second-order valence-corrected chi connectivity index (χ2v) is 10.7. The van der Waals surface area contributed by atoms with E-state index in [1.807, 2.05) is 0 Å². The maximum Gasteiger partial charge on any atom is 0.308 e. The third-order valence-corrected chi connectivity index (χ3v) is 9.04. The topological polar surface area (TPSA) is 55.8 Å². The van der Waals surface area contributed by atoms with Crippen LogP contribution in [0.4, 0.5) is 0 Å². The predicted octanol–water partition coefficient (Wildman–Crippen LogP) is 6.16. The SMILES string of the molecule is C=C1CCC[C@H]2[C@](C)(CC[C@]3(C)CC[C@H](C(C)C(=O)O)OO3)[C@@H](C)CC[C@]12C. The molecule has 7 atom stereocenters. The Kier molecular flexibility index (Phi) is 6.05. The maximum atomic E-state index is 11.2. The number of hydrogen-bond acceptors (Lipinski definition) is 3. The van der Waals surface area contributed by atoms with Gasteiger partial charge in [-0.3, -0.25) is 4.79 Å². The zero-order valence-corrected chi connectivity index (χ0v) is 18.6. The minimum atomic E-state index is -0.822. The normalized spacial score (nSPS) is 45.3. The highest BCUT2D eigenvalue weighted by molar-refractivity contribution is 5.70. The molecule has 3 aliphatic rings. The van der Waals surface area contributed by atoms with Crippen molar-refractivity contribution in [2.45, 2.75) is 104 Å². The molecule has 0 aromatic heterocycles. The van der Waals surface area contributed by atoms with Crippen LogP contribution in [-0.4, -0.2) is 22.8 Å². The van der Waals surface area contributed by atoms with E-state index in [4.69, 9.17) is 9.78 Å². The predicted molar refractivity (Wildman–Crippen MR) is 111 cm³/mol. The molecular weight excluding hydrogens is 352 g/mol. The summed E-state index contributed by atoms with van der Waals surface area (Å²) in [6, 6.07) is 0. The fourth-order valence-corrected chi connectivity index (χ4v) is 6.30. The first-order valence-electron chi connectivity index (χ1n) is 11.3. The van der Waals surface area contributed by atoms with E-state index in [0.717, 1.165) is 25.7 Å². The van der Waals surface area contributed by atoms with Gasteiger partial charge in [0.1, 0.15) is 11.7 Å². The third kappa shape index (κ3) is 3.79. The average molecular weight is 393 g/mol. The summed E-state index contributed by atoms with van der Waals surface area (Å²) in [5.74, 6) is 0.0363. The van der Waals surface area contributed by atoms with E-state index in [1.54, 1.807) is 6.92 Å². The molecule has 2 aliphatic carbocycles. The number of hydrogen-bond donors (Lipinski definition) is 1. The Bertz CT molecular complexity index is 606. The number of fused-ring (bicyclic) bond motifs is 1. The van der Waals surface area contributed by atoms with Gasteiger partial charge in [-0.2, -0.15) is 0 Å². The molecule has 0 aromatic rings. The van der Waals surface area contributed by atoms with Gasteiger partial charge in [-0.25, -0.2) is 9.78 Å². The van der Waals surface area contributed by atoms with E-state index in [1.165, 1.54) is 37.7 Å². The van der Waals surface area contributed by atoms with Gasteiger partial charge in [0.05, 0.1) is 5.92 Å². The number of carbonyl (C=O) groups is 1. The number of carboxylic acid groups (broad SMARTS) is 1. The van der Waals surface area contributed by atoms with E-state index in [-0.39, 0.29) is 22.5 Å². The zero-order chi connectivity index (χ0) is 20.7. The summed E-state index contributed by atoms with van der Waals surface area (Å²) in [6.45, 7) is 15.7. The molecule has 1 heterocycles. The van der Waals surface area contributed by atoms with Crippen LogP contribution in [0.2, 0.25) is 0 Å². The Morgan fingerprint density at radius 1 is 1.21 bits per heavy atom. The van der Waals surface area contributed by atoms with Gasteiger partial charge in [-0.1, -0.05) is 32.9 Å². The van der Waals surface area contributed by atoms with Gasteiger partial charge in [0.15, 0.2) is 0 Å². The van der Waals surface area contributed by atoms with E-state index in [2.05, 4.69) is 34.3 Å². The van der Waals surface area contributed by atoms with Crippen molar-refractivity contribution in [3.05, 3.63) is 12.2 Å². The number of allylic oxidation sites excluding steroid dienone is 1. The molecule has 0 amide bonds. The van der Waals surface area contributed by atoms with Crippen molar-refractivity contribution in [3.8, 4) is 0 Å². The lowest BCUT2D eigenvalue weighted by molar-refractivity contribution is -0.412. The fraction of sp³-hybridized carbons (Fsp3) is 0.875. The second kappa shape index (κ2) is 7.75. The highest BCUT2D eigenvalue weighted by atomic mass is 17.2. The minimum Gasteiger partial charge on any atom is -0.481 e. The Hall–Kier alpha value is -0.870. The maximum absolute atomic E-state index is 11.2. The number of rotatable bonds is 5. The summed E-state index contributed by atoms with van der Waals surface area (Å²) in [4.78, 5) is 22.6. The van der Waals surface area contributed by atoms with Crippen molar-refractivity contribution < 1.29 is 19.7 Å². The summed E-state index contributed by atoms with van der Waals surface area (Å²) in [5, 5.41) is 9.21. The molecule has 4 heteroatoms. The standard InChI is InChI=1S/C24H40O4/c1-16-8-7-9-20-23(16,5)13-10-17(2)24(20,6)15-14-22(4)12-11-19(27-28-22)18(3)21(25)26/h17-20H,1,7-15H2,2-6H3,(H,25,26)/t17-,18?,19+,20+,22-,23+,24+/m0/s1. The van der Waals surface area contributed by atoms with E-state index < -0.39 is 11.9 Å². The van der Waals surface area contributed by atoms with Crippen LogP contribution >= 0.6 is 0 Å². The number of carboxylic acids is 1. The van der Waals surface area contributed by atoms with Gasteiger partial charge in [-0.15, -0.1) is 0 Å². The molecule has 0 spiro atoms. The van der Waals surface area contributed by atoms with Crippen LogP contribution in [0, 0.1) is 28.6 Å². The summed E-state index contributed by atoms with van der Waals surface area (Å²) < 4.78 is 0. The van der Waals surface area contributed by atoms with Crippen molar-refractivity contribution in [2.75, 3.05) is 0 Å². The van der Waals surface area contributed by atoms with Crippen LogP contribution in [0.1, 0.15) is 92.4 Å². The van der Waals surface area contributed by atoms with Crippen LogP contribution in [-0.2, 0) is 14.6 Å². The molecule has 1 unspecified atom stereocenters. The summed E-state index contributed by atoms with van der Waals surface area (Å²) >= 11 is 0. The van der Waals surface area contributed by atoms with E-state index >= 15 is 0 Å². The number of aliphatic carboxylic acids is 1. The lowest BCUT2D eigenvalue weighted by Crippen LogP contribution is -2.51. The average Bonchev–Trinajstić information content (AvgIpc) is 2.66. The lowest BCUT2D eigenvalue weighted by atomic mass is 9.46. The van der Waals surface area contributed by atoms with Crippen LogP contribution in [0.25, 0.3) is 0 Å².